The number of ether oxygens (including phenoxy) is 1. The van der Waals surface area contributed by atoms with E-state index in [0.29, 0.717) is 6.42 Å². The zero-order valence-electron chi connectivity index (χ0n) is 14.9. The normalized spacial score (nSPS) is 10.7. The van der Waals surface area contributed by atoms with Crippen molar-refractivity contribution in [2.45, 2.75) is 6.42 Å². The molecule has 4 rings (SSSR count). The molecule has 5 heteroatoms. The van der Waals surface area contributed by atoms with Gasteiger partial charge in [0.1, 0.15) is 11.6 Å². The predicted molar refractivity (Wildman–Crippen MR) is 107 cm³/mol. The number of aromatic nitrogens is 2. The lowest BCUT2D eigenvalue weighted by molar-refractivity contribution is -0.115. The van der Waals surface area contributed by atoms with Gasteiger partial charge < -0.3 is 15.0 Å². The van der Waals surface area contributed by atoms with Crippen LogP contribution >= 0.6 is 0 Å². The minimum atomic E-state index is -0.0587. The van der Waals surface area contributed by atoms with Crippen molar-refractivity contribution >= 4 is 22.6 Å². The van der Waals surface area contributed by atoms with Crippen LogP contribution in [0.4, 0.5) is 5.69 Å². The summed E-state index contributed by atoms with van der Waals surface area (Å²) in [6, 6.07) is 23.1. The Morgan fingerprint density at radius 1 is 1.00 bits per heavy atom. The van der Waals surface area contributed by atoms with Crippen LogP contribution in [0.3, 0.4) is 0 Å². The molecule has 2 N–H and O–H groups in total. The molecule has 0 saturated carbocycles. The van der Waals surface area contributed by atoms with E-state index in [-0.39, 0.29) is 5.91 Å². The van der Waals surface area contributed by atoms with Gasteiger partial charge >= 0.3 is 0 Å². The highest BCUT2D eigenvalue weighted by Gasteiger charge is 2.07. The fraction of sp³-hybridized carbons (Fsp3) is 0.0909. The summed E-state index contributed by atoms with van der Waals surface area (Å²) in [7, 11) is 1.62. The summed E-state index contributed by atoms with van der Waals surface area (Å²) in [6.45, 7) is 0. The van der Waals surface area contributed by atoms with E-state index in [4.69, 9.17) is 4.74 Å². The number of carbonyl (C=O) groups is 1. The lowest BCUT2D eigenvalue weighted by atomic mass is 10.1. The number of methoxy groups -OCH3 is 1. The number of carbonyl (C=O) groups excluding carboxylic acids is 1. The second-order valence-corrected chi connectivity index (χ2v) is 6.25. The van der Waals surface area contributed by atoms with Crippen LogP contribution in [-0.4, -0.2) is 23.0 Å². The molecule has 0 saturated heterocycles. The number of hydrogen-bond acceptors (Lipinski definition) is 3. The Morgan fingerprint density at radius 2 is 1.74 bits per heavy atom. The molecule has 1 heterocycles. The topological polar surface area (TPSA) is 67.0 Å². The number of rotatable bonds is 5. The fourth-order valence-corrected chi connectivity index (χ4v) is 2.93. The molecule has 134 valence electrons. The Bertz CT molecular complexity index is 1030. The zero-order valence-corrected chi connectivity index (χ0v) is 14.9. The molecule has 4 aromatic rings. The minimum absolute atomic E-state index is 0.0587. The molecule has 0 spiro atoms. The van der Waals surface area contributed by atoms with Crippen LogP contribution in [-0.2, 0) is 11.2 Å². The lowest BCUT2D eigenvalue weighted by Crippen LogP contribution is -2.14. The van der Waals surface area contributed by atoms with Gasteiger partial charge in [0.25, 0.3) is 0 Å². The first-order chi connectivity index (χ1) is 13.2. The predicted octanol–water partition coefficient (Wildman–Crippen LogP) is 4.42. The van der Waals surface area contributed by atoms with Crippen molar-refractivity contribution in [2.24, 2.45) is 0 Å². The maximum atomic E-state index is 12.2. The number of amides is 1. The van der Waals surface area contributed by atoms with E-state index in [2.05, 4.69) is 15.3 Å². The molecule has 1 aromatic heterocycles. The smallest absolute Gasteiger partial charge is 0.228 e. The number of nitrogens with one attached hydrogen (secondary N) is 2. The standard InChI is InChI=1S/C22H19N3O2/c1-27-18-12-6-15(7-13-18)14-21(26)23-17-10-8-16(9-11-17)22-24-19-4-2-3-5-20(19)25-22/h2-13H,14H2,1H3,(H,23,26)(H,24,25). The lowest BCUT2D eigenvalue weighted by Gasteiger charge is -2.07. The van der Waals surface area contributed by atoms with Gasteiger partial charge in [0.15, 0.2) is 0 Å². The van der Waals surface area contributed by atoms with Crippen LogP contribution < -0.4 is 10.1 Å². The van der Waals surface area contributed by atoms with Gasteiger partial charge in [0.05, 0.1) is 24.6 Å². The van der Waals surface area contributed by atoms with Crippen LogP contribution in [0.5, 0.6) is 5.75 Å². The average Bonchev–Trinajstić information content (AvgIpc) is 3.13. The molecule has 0 atom stereocenters. The van der Waals surface area contributed by atoms with Crippen LogP contribution in [0.1, 0.15) is 5.56 Å². The molecule has 0 aliphatic heterocycles. The van der Waals surface area contributed by atoms with Crippen LogP contribution in [0, 0.1) is 0 Å². The quantitative estimate of drug-likeness (QED) is 0.556. The van der Waals surface area contributed by atoms with Gasteiger partial charge in [-0.2, -0.15) is 0 Å². The third kappa shape index (κ3) is 3.82. The molecule has 1 amide bonds. The van der Waals surface area contributed by atoms with E-state index in [1.54, 1.807) is 7.11 Å². The number of imidazole rings is 1. The number of H-pyrrole nitrogens is 1. The van der Waals surface area contributed by atoms with Crippen LogP contribution in [0.2, 0.25) is 0 Å². The molecule has 3 aromatic carbocycles. The monoisotopic (exact) mass is 357 g/mol. The molecule has 0 aliphatic carbocycles. The molecule has 0 fully saturated rings. The van der Waals surface area contributed by atoms with E-state index in [9.17, 15) is 4.79 Å². The Hall–Kier alpha value is -3.60. The Labute approximate surface area is 157 Å². The fourth-order valence-electron chi connectivity index (χ4n) is 2.93. The molecule has 5 nitrogen and oxygen atoms in total. The summed E-state index contributed by atoms with van der Waals surface area (Å²) in [4.78, 5) is 20.1. The van der Waals surface area contributed by atoms with Gasteiger partial charge in [0.2, 0.25) is 5.91 Å². The number of fused-ring (bicyclic) bond motifs is 1. The number of para-hydroxylation sites is 2. The molecule has 0 aliphatic rings. The average molecular weight is 357 g/mol. The number of anilines is 1. The van der Waals surface area contributed by atoms with E-state index >= 15 is 0 Å². The molecular formula is C22H19N3O2. The second-order valence-electron chi connectivity index (χ2n) is 6.25. The van der Waals surface area contributed by atoms with Crippen molar-refractivity contribution < 1.29 is 9.53 Å². The van der Waals surface area contributed by atoms with Gasteiger partial charge in [-0.05, 0) is 54.1 Å². The van der Waals surface area contributed by atoms with Gasteiger partial charge in [-0.25, -0.2) is 4.98 Å². The Morgan fingerprint density at radius 3 is 2.44 bits per heavy atom. The van der Waals surface area contributed by atoms with Gasteiger partial charge in [0, 0.05) is 11.3 Å². The van der Waals surface area contributed by atoms with E-state index in [1.807, 2.05) is 72.8 Å². The third-order valence-corrected chi connectivity index (χ3v) is 4.36. The minimum Gasteiger partial charge on any atom is -0.497 e. The van der Waals surface area contributed by atoms with E-state index in [1.165, 1.54) is 0 Å². The second kappa shape index (κ2) is 7.33. The van der Waals surface area contributed by atoms with Crippen molar-refractivity contribution in [3.05, 3.63) is 78.4 Å². The summed E-state index contributed by atoms with van der Waals surface area (Å²) in [5.41, 5.74) is 4.61. The zero-order chi connectivity index (χ0) is 18.6. The molecule has 0 unspecified atom stereocenters. The van der Waals surface area contributed by atoms with Crippen molar-refractivity contribution in [1.82, 2.24) is 9.97 Å². The van der Waals surface area contributed by atoms with Crippen molar-refractivity contribution in [3.8, 4) is 17.1 Å². The maximum Gasteiger partial charge on any atom is 0.228 e. The van der Waals surface area contributed by atoms with Gasteiger partial charge in [-0.3, -0.25) is 4.79 Å². The van der Waals surface area contributed by atoms with Crippen molar-refractivity contribution in [3.63, 3.8) is 0 Å². The Kier molecular flexibility index (Phi) is 4.58. The summed E-state index contributed by atoms with van der Waals surface area (Å²) in [5.74, 6) is 1.53. The van der Waals surface area contributed by atoms with E-state index in [0.717, 1.165) is 39.4 Å². The van der Waals surface area contributed by atoms with Crippen molar-refractivity contribution in [2.75, 3.05) is 12.4 Å². The largest absolute Gasteiger partial charge is 0.497 e. The maximum absolute atomic E-state index is 12.2. The number of benzene rings is 3. The number of nitrogens with zero attached hydrogens (tertiary/aromatic N) is 1. The summed E-state index contributed by atoms with van der Waals surface area (Å²) < 4.78 is 5.13. The first-order valence-electron chi connectivity index (χ1n) is 8.69. The molecule has 0 radical (unpaired) electrons. The summed E-state index contributed by atoms with van der Waals surface area (Å²) >= 11 is 0. The number of aromatic amines is 1. The molecule has 27 heavy (non-hydrogen) atoms. The van der Waals surface area contributed by atoms with E-state index < -0.39 is 0 Å². The highest BCUT2D eigenvalue weighted by molar-refractivity contribution is 5.92. The van der Waals surface area contributed by atoms with Crippen molar-refractivity contribution in [1.29, 1.82) is 0 Å². The van der Waals surface area contributed by atoms with Crippen LogP contribution in [0.25, 0.3) is 22.4 Å². The third-order valence-electron chi connectivity index (χ3n) is 4.36. The molecular weight excluding hydrogens is 338 g/mol. The first kappa shape index (κ1) is 16.8. The first-order valence-corrected chi connectivity index (χ1v) is 8.69. The van der Waals surface area contributed by atoms with Gasteiger partial charge in [-0.15, -0.1) is 0 Å². The number of hydrogen-bond donors (Lipinski definition) is 2. The highest BCUT2D eigenvalue weighted by Crippen LogP contribution is 2.22. The summed E-state index contributed by atoms with van der Waals surface area (Å²) in [5, 5.41) is 2.92. The van der Waals surface area contributed by atoms with Gasteiger partial charge in [-0.1, -0.05) is 24.3 Å². The molecule has 0 bridgehead atoms. The van der Waals surface area contributed by atoms with Crippen LogP contribution in [0.15, 0.2) is 72.8 Å². The Balaban J connectivity index is 1.43. The highest BCUT2D eigenvalue weighted by atomic mass is 16.5. The summed E-state index contributed by atoms with van der Waals surface area (Å²) in [6.07, 6.45) is 0.315. The SMILES string of the molecule is COc1ccc(CC(=O)Nc2ccc(-c3nc4ccccc4[nH]3)cc2)cc1.